The Morgan fingerprint density at radius 1 is 1.29 bits per heavy atom. The molecule has 3 aromatic rings. The number of carbonyl (C=O) groups is 1. The minimum absolute atomic E-state index is 0.0728. The van der Waals surface area contributed by atoms with E-state index in [1.54, 1.807) is 25.1 Å². The van der Waals surface area contributed by atoms with Crippen LogP contribution in [0.25, 0.3) is 5.52 Å². The van der Waals surface area contributed by atoms with E-state index in [0.717, 1.165) is 19.0 Å². The number of rotatable bonds is 3. The maximum atomic E-state index is 11.9. The zero-order valence-corrected chi connectivity index (χ0v) is 14.2. The number of halogens is 1. The molecule has 0 spiro atoms. The first-order valence-corrected chi connectivity index (χ1v) is 8.20. The van der Waals surface area contributed by atoms with Crippen molar-refractivity contribution in [2.24, 2.45) is 0 Å². The molecule has 4 nitrogen and oxygen atoms in total. The molecule has 0 saturated heterocycles. The predicted octanol–water partition coefficient (Wildman–Crippen LogP) is 3.45. The molecule has 2 aromatic heterocycles. The van der Waals surface area contributed by atoms with Crippen LogP contribution in [0.3, 0.4) is 0 Å². The normalized spacial score (nSPS) is 10.8. The highest BCUT2D eigenvalue weighted by Crippen LogP contribution is 2.31. The van der Waals surface area contributed by atoms with Gasteiger partial charge in [-0.25, -0.2) is 4.98 Å². The van der Waals surface area contributed by atoms with E-state index in [0.29, 0.717) is 5.56 Å². The van der Waals surface area contributed by atoms with Crippen LogP contribution < -0.4 is 5.32 Å². The maximum absolute atomic E-state index is 11.9. The van der Waals surface area contributed by atoms with E-state index in [4.69, 9.17) is 0 Å². The molecule has 1 N–H and O–H groups in total. The van der Waals surface area contributed by atoms with Crippen molar-refractivity contribution in [2.45, 2.75) is 9.79 Å². The first-order chi connectivity index (χ1) is 10.2. The largest absolute Gasteiger partial charge is 0.355 e. The number of carbonyl (C=O) groups excluding carboxylic acids is 1. The average Bonchev–Trinajstić information content (AvgIpc) is 2.88. The quantitative estimate of drug-likeness (QED) is 0.675. The van der Waals surface area contributed by atoms with Gasteiger partial charge in [0.15, 0.2) is 0 Å². The van der Waals surface area contributed by atoms with Gasteiger partial charge in [-0.05, 0) is 46.9 Å². The number of aromatic nitrogens is 2. The van der Waals surface area contributed by atoms with Crippen molar-refractivity contribution >= 4 is 45.8 Å². The van der Waals surface area contributed by atoms with Crippen LogP contribution in [0.1, 0.15) is 10.4 Å². The van der Waals surface area contributed by atoms with Crippen LogP contribution in [-0.2, 0) is 0 Å². The van der Waals surface area contributed by atoms with E-state index in [9.17, 15) is 4.79 Å². The molecule has 0 saturated carbocycles. The van der Waals surface area contributed by atoms with E-state index in [-0.39, 0.29) is 5.91 Å². The van der Waals surface area contributed by atoms with Crippen LogP contribution in [0, 0.1) is 3.70 Å². The standard InChI is InChI=1S/C15H12IN3OS/c1-17-15(20)11-4-2-3-5-13(11)21-10-6-7-12-14(16)18-9-19(12)8-10/h2-9H,1H3,(H,17,20). The fourth-order valence-electron chi connectivity index (χ4n) is 2.01. The van der Waals surface area contributed by atoms with Gasteiger partial charge >= 0.3 is 0 Å². The highest BCUT2D eigenvalue weighted by Gasteiger charge is 2.11. The minimum Gasteiger partial charge on any atom is -0.355 e. The lowest BCUT2D eigenvalue weighted by molar-refractivity contribution is 0.0960. The molecule has 0 fully saturated rings. The number of nitrogens with one attached hydrogen (secondary N) is 1. The molecule has 1 aromatic carbocycles. The monoisotopic (exact) mass is 409 g/mol. The van der Waals surface area contributed by atoms with Gasteiger partial charge in [0, 0.05) is 23.0 Å². The van der Waals surface area contributed by atoms with Gasteiger partial charge in [0.2, 0.25) is 0 Å². The number of pyridine rings is 1. The topological polar surface area (TPSA) is 46.4 Å². The van der Waals surface area contributed by atoms with E-state index in [1.165, 1.54) is 0 Å². The minimum atomic E-state index is -0.0728. The van der Waals surface area contributed by atoms with Crippen molar-refractivity contribution in [1.82, 2.24) is 14.7 Å². The second-order valence-electron chi connectivity index (χ2n) is 4.37. The molecule has 0 bridgehead atoms. The lowest BCUT2D eigenvalue weighted by Crippen LogP contribution is -2.18. The molecule has 0 unspecified atom stereocenters. The van der Waals surface area contributed by atoms with Gasteiger partial charge in [0.1, 0.15) is 10.0 Å². The fraction of sp³-hybridized carbons (Fsp3) is 0.0667. The van der Waals surface area contributed by atoms with Gasteiger partial charge in [-0.3, -0.25) is 4.79 Å². The molecule has 0 aliphatic rings. The summed E-state index contributed by atoms with van der Waals surface area (Å²) in [7, 11) is 1.64. The summed E-state index contributed by atoms with van der Waals surface area (Å²) in [6.45, 7) is 0. The summed E-state index contributed by atoms with van der Waals surface area (Å²) in [6.07, 6.45) is 3.82. The highest BCUT2D eigenvalue weighted by atomic mass is 127. The van der Waals surface area contributed by atoms with Gasteiger partial charge in [-0.15, -0.1) is 0 Å². The predicted molar refractivity (Wildman–Crippen MR) is 91.9 cm³/mol. The number of fused-ring (bicyclic) bond motifs is 1. The molecular weight excluding hydrogens is 397 g/mol. The zero-order chi connectivity index (χ0) is 14.8. The third-order valence-corrected chi connectivity index (χ3v) is 4.93. The average molecular weight is 409 g/mol. The van der Waals surface area contributed by atoms with E-state index in [2.05, 4.69) is 32.9 Å². The second kappa shape index (κ2) is 6.07. The number of imidazole rings is 1. The lowest BCUT2D eigenvalue weighted by Gasteiger charge is -2.08. The number of benzene rings is 1. The summed E-state index contributed by atoms with van der Waals surface area (Å²) < 4.78 is 2.97. The van der Waals surface area contributed by atoms with Crippen LogP contribution in [0.4, 0.5) is 0 Å². The van der Waals surface area contributed by atoms with Crippen LogP contribution >= 0.6 is 34.4 Å². The molecule has 0 aliphatic carbocycles. The number of amides is 1. The molecule has 1 amide bonds. The zero-order valence-electron chi connectivity index (χ0n) is 11.2. The summed E-state index contributed by atoms with van der Waals surface area (Å²) in [5, 5.41) is 2.67. The van der Waals surface area contributed by atoms with Gasteiger partial charge in [0.25, 0.3) is 5.91 Å². The van der Waals surface area contributed by atoms with Gasteiger partial charge in [-0.1, -0.05) is 23.9 Å². The van der Waals surface area contributed by atoms with Gasteiger partial charge < -0.3 is 9.72 Å². The van der Waals surface area contributed by atoms with Crippen molar-refractivity contribution < 1.29 is 4.79 Å². The van der Waals surface area contributed by atoms with Crippen LogP contribution in [-0.4, -0.2) is 22.3 Å². The van der Waals surface area contributed by atoms with Gasteiger partial charge in [0.05, 0.1) is 11.1 Å². The molecule has 2 heterocycles. The van der Waals surface area contributed by atoms with Crippen molar-refractivity contribution in [3.8, 4) is 0 Å². The first-order valence-electron chi connectivity index (χ1n) is 6.30. The van der Waals surface area contributed by atoms with Crippen molar-refractivity contribution in [1.29, 1.82) is 0 Å². The Bertz CT molecular complexity index is 816. The number of hydrogen-bond donors (Lipinski definition) is 1. The molecular formula is C15H12IN3OS. The van der Waals surface area contributed by atoms with Crippen molar-refractivity contribution in [3.63, 3.8) is 0 Å². The Labute approximate surface area is 140 Å². The Morgan fingerprint density at radius 3 is 2.90 bits per heavy atom. The van der Waals surface area contributed by atoms with Gasteiger partial charge in [-0.2, -0.15) is 0 Å². The summed E-state index contributed by atoms with van der Waals surface area (Å²) in [5.74, 6) is -0.0728. The third-order valence-electron chi connectivity index (χ3n) is 3.04. The molecule has 21 heavy (non-hydrogen) atoms. The summed E-state index contributed by atoms with van der Waals surface area (Å²) in [5.41, 5.74) is 1.77. The van der Waals surface area contributed by atoms with Crippen LogP contribution in [0.2, 0.25) is 0 Å². The number of hydrogen-bond acceptors (Lipinski definition) is 3. The summed E-state index contributed by atoms with van der Waals surface area (Å²) in [4.78, 5) is 18.2. The summed E-state index contributed by atoms with van der Waals surface area (Å²) in [6, 6.07) is 11.7. The van der Waals surface area contributed by atoms with Crippen LogP contribution in [0.5, 0.6) is 0 Å². The lowest BCUT2D eigenvalue weighted by atomic mass is 10.2. The van der Waals surface area contributed by atoms with Crippen molar-refractivity contribution in [2.75, 3.05) is 7.05 Å². The highest BCUT2D eigenvalue weighted by molar-refractivity contribution is 14.1. The molecule has 0 atom stereocenters. The van der Waals surface area contributed by atoms with Crippen LogP contribution in [0.15, 0.2) is 58.7 Å². The molecule has 6 heteroatoms. The second-order valence-corrected chi connectivity index (χ2v) is 6.51. The maximum Gasteiger partial charge on any atom is 0.252 e. The summed E-state index contributed by atoms with van der Waals surface area (Å²) >= 11 is 3.79. The Balaban J connectivity index is 1.97. The molecule has 0 aliphatic heterocycles. The van der Waals surface area contributed by atoms with Crippen molar-refractivity contribution in [3.05, 3.63) is 58.2 Å². The Morgan fingerprint density at radius 2 is 2.10 bits per heavy atom. The van der Waals surface area contributed by atoms with E-state index >= 15 is 0 Å². The number of nitrogens with zero attached hydrogens (tertiary/aromatic N) is 2. The Hall–Kier alpha value is -1.54. The SMILES string of the molecule is CNC(=O)c1ccccc1Sc1ccc2c(I)ncn2c1. The molecule has 0 radical (unpaired) electrons. The smallest absolute Gasteiger partial charge is 0.252 e. The van der Waals surface area contributed by atoms with E-state index < -0.39 is 0 Å². The Kier molecular flexibility index (Phi) is 4.16. The molecule has 3 rings (SSSR count). The van der Waals surface area contributed by atoms with E-state index in [1.807, 2.05) is 47.0 Å². The fourth-order valence-corrected chi connectivity index (χ4v) is 3.57. The third kappa shape index (κ3) is 2.91. The molecule has 106 valence electrons. The first kappa shape index (κ1) is 14.4.